The summed E-state index contributed by atoms with van der Waals surface area (Å²) in [5.41, 5.74) is 0.883. The summed E-state index contributed by atoms with van der Waals surface area (Å²) < 4.78 is 18.3. The first-order chi connectivity index (χ1) is 11.9. The molecule has 0 bridgehead atoms. The summed E-state index contributed by atoms with van der Waals surface area (Å²) in [5.74, 6) is 0.0804. The molecule has 1 N–H and O–H groups in total. The van der Waals surface area contributed by atoms with Crippen LogP contribution < -0.4 is 10.1 Å². The minimum absolute atomic E-state index is 0.0757. The molecule has 132 valence electrons. The van der Waals surface area contributed by atoms with Crippen LogP contribution in [0.3, 0.4) is 0 Å². The Bertz CT molecular complexity index is 724. The maximum absolute atomic E-state index is 12.9. The number of hydrogen-bond acceptors (Lipinski definition) is 3. The number of ether oxygens (including phenoxy) is 1. The van der Waals surface area contributed by atoms with Crippen LogP contribution in [-0.2, 0) is 4.79 Å². The van der Waals surface area contributed by atoms with Crippen LogP contribution in [0.25, 0.3) is 0 Å². The fraction of sp³-hybridized carbons (Fsp3) is 0.300. The smallest absolute Gasteiger partial charge is 0.258 e. The zero-order valence-corrected chi connectivity index (χ0v) is 14.6. The molecule has 4 nitrogen and oxygen atoms in total. The van der Waals surface area contributed by atoms with E-state index in [9.17, 15) is 14.0 Å². The maximum atomic E-state index is 12.9. The first-order valence-electron chi connectivity index (χ1n) is 8.19. The summed E-state index contributed by atoms with van der Waals surface area (Å²) in [4.78, 5) is 24.1. The first-order valence-corrected chi connectivity index (χ1v) is 8.19. The SMILES string of the molecule is CC(C)[C@H](C)NC(=O)COc1ccc(C(=O)c2ccc(F)cc2)cc1. The van der Waals surface area contributed by atoms with Gasteiger partial charge in [-0.1, -0.05) is 13.8 Å². The molecule has 0 aliphatic carbocycles. The lowest BCUT2D eigenvalue weighted by molar-refractivity contribution is -0.124. The van der Waals surface area contributed by atoms with E-state index in [0.717, 1.165) is 0 Å². The van der Waals surface area contributed by atoms with E-state index in [-0.39, 0.29) is 30.2 Å². The van der Waals surface area contributed by atoms with Gasteiger partial charge in [0.2, 0.25) is 0 Å². The van der Waals surface area contributed by atoms with E-state index < -0.39 is 0 Å². The molecule has 0 heterocycles. The van der Waals surface area contributed by atoms with E-state index in [4.69, 9.17) is 4.74 Å². The van der Waals surface area contributed by atoms with Crippen molar-refractivity contribution in [2.45, 2.75) is 26.8 Å². The minimum Gasteiger partial charge on any atom is -0.484 e. The van der Waals surface area contributed by atoms with Crippen LogP contribution in [0.15, 0.2) is 48.5 Å². The third-order valence-electron chi connectivity index (χ3n) is 3.98. The van der Waals surface area contributed by atoms with Crippen molar-refractivity contribution in [1.29, 1.82) is 0 Å². The molecule has 5 heteroatoms. The van der Waals surface area contributed by atoms with Crippen LogP contribution in [0.4, 0.5) is 4.39 Å². The average molecular weight is 343 g/mol. The second-order valence-corrected chi connectivity index (χ2v) is 6.25. The predicted molar refractivity (Wildman–Crippen MR) is 94.2 cm³/mol. The van der Waals surface area contributed by atoms with Gasteiger partial charge in [0.05, 0.1) is 0 Å². The normalized spacial score (nSPS) is 11.9. The van der Waals surface area contributed by atoms with Crippen LogP contribution in [0.1, 0.15) is 36.7 Å². The van der Waals surface area contributed by atoms with E-state index in [1.54, 1.807) is 24.3 Å². The number of amides is 1. The van der Waals surface area contributed by atoms with Gasteiger partial charge in [0, 0.05) is 17.2 Å². The van der Waals surface area contributed by atoms with Gasteiger partial charge >= 0.3 is 0 Å². The first kappa shape index (κ1) is 18.6. The van der Waals surface area contributed by atoms with E-state index in [0.29, 0.717) is 22.8 Å². The van der Waals surface area contributed by atoms with Gasteiger partial charge < -0.3 is 10.1 Å². The molecule has 0 spiro atoms. The molecule has 1 atom stereocenters. The minimum atomic E-state index is -0.384. The molecule has 0 fully saturated rings. The highest BCUT2D eigenvalue weighted by Gasteiger charge is 2.12. The molecule has 0 aliphatic heterocycles. The summed E-state index contributed by atoms with van der Waals surface area (Å²) in [7, 11) is 0. The largest absolute Gasteiger partial charge is 0.484 e. The summed E-state index contributed by atoms with van der Waals surface area (Å²) in [6.07, 6.45) is 0. The Hall–Kier alpha value is -2.69. The monoisotopic (exact) mass is 343 g/mol. The van der Waals surface area contributed by atoms with Gasteiger partial charge in [0.25, 0.3) is 5.91 Å². The van der Waals surface area contributed by atoms with E-state index in [2.05, 4.69) is 5.32 Å². The summed E-state index contributed by atoms with van der Waals surface area (Å²) in [5, 5.41) is 2.86. The number of halogens is 1. The lowest BCUT2D eigenvalue weighted by Gasteiger charge is -2.17. The van der Waals surface area contributed by atoms with Gasteiger partial charge in [0.15, 0.2) is 12.4 Å². The van der Waals surface area contributed by atoms with Crippen LogP contribution >= 0.6 is 0 Å². The van der Waals surface area contributed by atoms with Crippen molar-refractivity contribution < 1.29 is 18.7 Å². The van der Waals surface area contributed by atoms with Gasteiger partial charge in [0.1, 0.15) is 11.6 Å². The van der Waals surface area contributed by atoms with Crippen molar-refractivity contribution in [1.82, 2.24) is 5.32 Å². The van der Waals surface area contributed by atoms with Crippen molar-refractivity contribution in [3.8, 4) is 5.75 Å². The lowest BCUT2D eigenvalue weighted by atomic mass is 10.0. The van der Waals surface area contributed by atoms with Gasteiger partial charge in [-0.25, -0.2) is 4.39 Å². The third-order valence-corrected chi connectivity index (χ3v) is 3.98. The number of ketones is 1. The maximum Gasteiger partial charge on any atom is 0.258 e. The molecule has 1 amide bonds. The highest BCUT2D eigenvalue weighted by atomic mass is 19.1. The highest BCUT2D eigenvalue weighted by molar-refractivity contribution is 6.09. The van der Waals surface area contributed by atoms with Crippen molar-refractivity contribution in [2.75, 3.05) is 6.61 Å². The average Bonchev–Trinajstić information content (AvgIpc) is 2.60. The Balaban J connectivity index is 1.92. The Labute approximate surface area is 147 Å². The highest BCUT2D eigenvalue weighted by Crippen LogP contribution is 2.16. The second-order valence-electron chi connectivity index (χ2n) is 6.25. The Morgan fingerprint density at radius 1 is 0.960 bits per heavy atom. The number of nitrogens with one attached hydrogen (secondary N) is 1. The van der Waals surface area contributed by atoms with Crippen molar-refractivity contribution in [3.63, 3.8) is 0 Å². The van der Waals surface area contributed by atoms with E-state index in [1.807, 2.05) is 20.8 Å². The number of carbonyl (C=O) groups is 2. The molecular formula is C20H22FNO3. The van der Waals surface area contributed by atoms with Gasteiger partial charge in [-0.3, -0.25) is 9.59 Å². The zero-order valence-electron chi connectivity index (χ0n) is 14.6. The molecule has 0 aliphatic rings. The lowest BCUT2D eigenvalue weighted by Crippen LogP contribution is -2.38. The van der Waals surface area contributed by atoms with Crippen LogP contribution in [0.5, 0.6) is 5.75 Å². The topological polar surface area (TPSA) is 55.4 Å². The predicted octanol–water partition coefficient (Wildman–Crippen LogP) is 3.60. The number of rotatable bonds is 7. The fourth-order valence-electron chi connectivity index (χ4n) is 2.08. The van der Waals surface area contributed by atoms with Gasteiger partial charge in [-0.05, 0) is 61.4 Å². The van der Waals surface area contributed by atoms with Gasteiger partial charge in [-0.2, -0.15) is 0 Å². The number of hydrogen-bond donors (Lipinski definition) is 1. The molecule has 0 unspecified atom stereocenters. The second kappa shape index (κ2) is 8.42. The molecule has 2 aromatic carbocycles. The number of benzene rings is 2. The van der Waals surface area contributed by atoms with E-state index >= 15 is 0 Å². The summed E-state index contributed by atoms with van der Waals surface area (Å²) in [6.45, 7) is 5.92. The molecule has 0 aromatic heterocycles. The molecule has 0 saturated carbocycles. The van der Waals surface area contributed by atoms with Crippen molar-refractivity contribution >= 4 is 11.7 Å². The fourth-order valence-corrected chi connectivity index (χ4v) is 2.08. The quantitative estimate of drug-likeness (QED) is 0.782. The molecule has 0 radical (unpaired) electrons. The summed E-state index contributed by atoms with van der Waals surface area (Å²) >= 11 is 0. The van der Waals surface area contributed by atoms with Gasteiger partial charge in [-0.15, -0.1) is 0 Å². The Kier molecular flexibility index (Phi) is 6.28. The Morgan fingerprint density at radius 2 is 1.48 bits per heavy atom. The van der Waals surface area contributed by atoms with Crippen molar-refractivity contribution in [3.05, 3.63) is 65.5 Å². The third kappa shape index (κ3) is 5.41. The number of carbonyl (C=O) groups excluding carboxylic acids is 2. The molecule has 0 saturated heterocycles. The summed E-state index contributed by atoms with van der Waals surface area (Å²) in [6, 6.07) is 12.0. The molecule has 25 heavy (non-hydrogen) atoms. The van der Waals surface area contributed by atoms with Crippen LogP contribution in [-0.4, -0.2) is 24.3 Å². The Morgan fingerprint density at radius 3 is 2.00 bits per heavy atom. The molecular weight excluding hydrogens is 321 g/mol. The molecule has 2 aromatic rings. The van der Waals surface area contributed by atoms with E-state index in [1.165, 1.54) is 24.3 Å². The molecule has 2 rings (SSSR count). The van der Waals surface area contributed by atoms with Crippen molar-refractivity contribution in [2.24, 2.45) is 5.92 Å². The van der Waals surface area contributed by atoms with Crippen LogP contribution in [0, 0.1) is 11.7 Å². The standard InChI is InChI=1S/C20H22FNO3/c1-13(2)14(3)22-19(23)12-25-18-10-6-16(7-11-18)20(24)15-4-8-17(21)9-5-15/h4-11,13-14H,12H2,1-3H3,(H,22,23)/t14-/m0/s1. The zero-order chi connectivity index (χ0) is 18.4. The van der Waals surface area contributed by atoms with Crippen LogP contribution in [0.2, 0.25) is 0 Å².